The van der Waals surface area contributed by atoms with Crippen LogP contribution in [0.2, 0.25) is 0 Å². The highest BCUT2D eigenvalue weighted by atomic mass is 32.1. The van der Waals surface area contributed by atoms with E-state index in [-0.39, 0.29) is 0 Å². The standard InChI is InChI=1S/C13H13N3OS/c14-10-5-11(18-12(10)13(15)17)16-6-8-3-1-2-4-9(8)7-16/h1-5H,6-7,14H2,(H2,15,17). The Morgan fingerprint density at radius 2 is 1.83 bits per heavy atom. The van der Waals surface area contributed by atoms with Gasteiger partial charge in [0.2, 0.25) is 0 Å². The molecule has 1 aromatic heterocycles. The number of thiophene rings is 1. The summed E-state index contributed by atoms with van der Waals surface area (Å²) in [5.41, 5.74) is 14.2. The number of nitrogens with zero attached hydrogens (tertiary/aromatic N) is 1. The third-order valence-electron chi connectivity index (χ3n) is 3.12. The van der Waals surface area contributed by atoms with Crippen molar-refractivity contribution in [3.8, 4) is 0 Å². The second-order valence-corrected chi connectivity index (χ2v) is 5.39. The molecule has 5 heteroatoms. The highest BCUT2D eigenvalue weighted by Crippen LogP contribution is 2.36. The summed E-state index contributed by atoms with van der Waals surface area (Å²) < 4.78 is 0. The molecule has 0 saturated carbocycles. The predicted octanol–water partition coefficient (Wildman–Crippen LogP) is 1.95. The van der Waals surface area contributed by atoms with Crippen molar-refractivity contribution in [2.24, 2.45) is 5.73 Å². The summed E-state index contributed by atoms with van der Waals surface area (Å²) in [6, 6.07) is 10.2. The van der Waals surface area contributed by atoms with E-state index in [9.17, 15) is 4.79 Å². The molecule has 0 fully saturated rings. The summed E-state index contributed by atoms with van der Waals surface area (Å²) in [6.45, 7) is 1.71. The van der Waals surface area contributed by atoms with Gasteiger partial charge in [-0.2, -0.15) is 0 Å². The normalized spacial score (nSPS) is 13.7. The Morgan fingerprint density at radius 1 is 1.22 bits per heavy atom. The van der Waals surface area contributed by atoms with Crippen LogP contribution in [0.15, 0.2) is 30.3 Å². The first-order valence-corrected chi connectivity index (χ1v) is 6.47. The Morgan fingerprint density at radius 3 is 2.33 bits per heavy atom. The number of primary amides is 1. The monoisotopic (exact) mass is 259 g/mol. The van der Waals surface area contributed by atoms with Crippen LogP contribution in [-0.4, -0.2) is 5.91 Å². The van der Waals surface area contributed by atoms with Crippen molar-refractivity contribution in [1.82, 2.24) is 0 Å². The van der Waals surface area contributed by atoms with E-state index >= 15 is 0 Å². The quantitative estimate of drug-likeness (QED) is 0.865. The van der Waals surface area contributed by atoms with E-state index < -0.39 is 5.91 Å². The van der Waals surface area contributed by atoms with Gasteiger partial charge in [0, 0.05) is 13.1 Å². The number of nitrogen functional groups attached to an aromatic ring is 1. The summed E-state index contributed by atoms with van der Waals surface area (Å²) in [4.78, 5) is 13.9. The molecule has 1 aliphatic rings. The number of amides is 1. The SMILES string of the molecule is NC(=O)c1sc(N2Cc3ccccc3C2)cc1N. The maximum atomic E-state index is 11.2. The zero-order chi connectivity index (χ0) is 12.7. The zero-order valence-electron chi connectivity index (χ0n) is 9.72. The Labute approximate surface area is 109 Å². The van der Waals surface area contributed by atoms with Crippen LogP contribution in [-0.2, 0) is 13.1 Å². The number of hydrogen-bond donors (Lipinski definition) is 2. The third-order valence-corrected chi connectivity index (χ3v) is 4.35. The van der Waals surface area contributed by atoms with E-state index in [0.717, 1.165) is 18.1 Å². The lowest BCUT2D eigenvalue weighted by Crippen LogP contribution is -2.12. The molecule has 0 saturated heterocycles. The summed E-state index contributed by atoms with van der Waals surface area (Å²) >= 11 is 1.36. The van der Waals surface area contributed by atoms with Gasteiger partial charge in [-0.1, -0.05) is 24.3 Å². The Bertz CT molecular complexity index is 595. The summed E-state index contributed by atoms with van der Waals surface area (Å²) in [7, 11) is 0. The second-order valence-electron chi connectivity index (χ2n) is 4.36. The van der Waals surface area contributed by atoms with Gasteiger partial charge in [0.05, 0.1) is 10.7 Å². The highest BCUT2D eigenvalue weighted by Gasteiger charge is 2.22. The number of fused-ring (bicyclic) bond motifs is 1. The van der Waals surface area contributed by atoms with Crippen molar-refractivity contribution >= 4 is 27.9 Å². The van der Waals surface area contributed by atoms with Crippen LogP contribution in [0.1, 0.15) is 20.8 Å². The van der Waals surface area contributed by atoms with Gasteiger partial charge in [-0.15, -0.1) is 11.3 Å². The van der Waals surface area contributed by atoms with Gasteiger partial charge in [-0.3, -0.25) is 4.79 Å². The Kier molecular flexibility index (Phi) is 2.48. The molecule has 0 radical (unpaired) electrons. The molecule has 0 unspecified atom stereocenters. The van der Waals surface area contributed by atoms with E-state index in [0.29, 0.717) is 10.6 Å². The molecule has 3 rings (SSSR count). The van der Waals surface area contributed by atoms with Crippen LogP contribution < -0.4 is 16.4 Å². The topological polar surface area (TPSA) is 72.4 Å². The van der Waals surface area contributed by atoms with Crippen molar-refractivity contribution in [3.63, 3.8) is 0 Å². The molecule has 4 nitrogen and oxygen atoms in total. The zero-order valence-corrected chi connectivity index (χ0v) is 10.5. The Balaban J connectivity index is 1.91. The molecule has 4 N–H and O–H groups in total. The van der Waals surface area contributed by atoms with Crippen molar-refractivity contribution in [2.45, 2.75) is 13.1 Å². The van der Waals surface area contributed by atoms with Crippen LogP contribution in [0.5, 0.6) is 0 Å². The average Bonchev–Trinajstić information content (AvgIpc) is 2.91. The van der Waals surface area contributed by atoms with Crippen LogP contribution in [0.3, 0.4) is 0 Å². The minimum absolute atomic E-state index is 0.445. The largest absolute Gasteiger partial charge is 0.397 e. The molecule has 1 aliphatic heterocycles. The minimum Gasteiger partial charge on any atom is -0.397 e. The first-order valence-electron chi connectivity index (χ1n) is 5.66. The molecule has 0 bridgehead atoms. The van der Waals surface area contributed by atoms with Crippen LogP contribution in [0, 0.1) is 0 Å². The molecule has 0 atom stereocenters. The second kappa shape index (κ2) is 4.03. The van der Waals surface area contributed by atoms with Crippen molar-refractivity contribution in [2.75, 3.05) is 10.6 Å². The maximum Gasteiger partial charge on any atom is 0.260 e. The smallest absolute Gasteiger partial charge is 0.260 e. The van der Waals surface area contributed by atoms with E-state index in [1.54, 1.807) is 0 Å². The number of anilines is 2. The minimum atomic E-state index is -0.458. The molecule has 1 aromatic carbocycles. The number of benzene rings is 1. The summed E-state index contributed by atoms with van der Waals surface area (Å²) in [5.74, 6) is -0.458. The molecular weight excluding hydrogens is 246 g/mol. The molecular formula is C13H13N3OS. The fourth-order valence-corrected chi connectivity index (χ4v) is 3.16. The van der Waals surface area contributed by atoms with Gasteiger partial charge in [0.25, 0.3) is 5.91 Å². The third kappa shape index (κ3) is 1.73. The number of hydrogen-bond acceptors (Lipinski definition) is 4. The molecule has 2 heterocycles. The van der Waals surface area contributed by atoms with E-state index in [1.807, 2.05) is 18.2 Å². The van der Waals surface area contributed by atoms with Crippen molar-refractivity contribution < 1.29 is 4.79 Å². The number of rotatable bonds is 2. The maximum absolute atomic E-state index is 11.2. The fourth-order valence-electron chi connectivity index (χ4n) is 2.23. The molecule has 0 aliphatic carbocycles. The number of carbonyl (C=O) groups excluding carboxylic acids is 1. The predicted molar refractivity (Wildman–Crippen MR) is 73.6 cm³/mol. The lowest BCUT2D eigenvalue weighted by molar-refractivity contribution is 0.100. The number of carbonyl (C=O) groups is 1. The van der Waals surface area contributed by atoms with Gasteiger partial charge in [0.1, 0.15) is 4.88 Å². The average molecular weight is 259 g/mol. The van der Waals surface area contributed by atoms with Gasteiger partial charge < -0.3 is 16.4 Å². The van der Waals surface area contributed by atoms with E-state index in [4.69, 9.17) is 11.5 Å². The van der Waals surface area contributed by atoms with E-state index in [2.05, 4.69) is 17.0 Å². The number of nitrogens with two attached hydrogens (primary N) is 2. The van der Waals surface area contributed by atoms with Crippen LogP contribution in [0.25, 0.3) is 0 Å². The van der Waals surface area contributed by atoms with Crippen LogP contribution in [0.4, 0.5) is 10.7 Å². The van der Waals surface area contributed by atoms with Gasteiger partial charge >= 0.3 is 0 Å². The molecule has 1 amide bonds. The first-order chi connectivity index (χ1) is 8.65. The highest BCUT2D eigenvalue weighted by molar-refractivity contribution is 7.18. The Hall–Kier alpha value is -2.01. The molecule has 92 valence electrons. The molecule has 18 heavy (non-hydrogen) atoms. The van der Waals surface area contributed by atoms with Crippen molar-refractivity contribution in [3.05, 3.63) is 46.3 Å². The van der Waals surface area contributed by atoms with Gasteiger partial charge in [0.15, 0.2) is 0 Å². The van der Waals surface area contributed by atoms with Crippen molar-refractivity contribution in [1.29, 1.82) is 0 Å². The lowest BCUT2D eigenvalue weighted by Gasteiger charge is -2.14. The molecule has 0 spiro atoms. The van der Waals surface area contributed by atoms with E-state index in [1.165, 1.54) is 22.5 Å². The van der Waals surface area contributed by atoms with Crippen LogP contribution >= 0.6 is 11.3 Å². The van der Waals surface area contributed by atoms with Gasteiger partial charge in [-0.25, -0.2) is 0 Å². The molecule has 2 aromatic rings. The lowest BCUT2D eigenvalue weighted by atomic mass is 10.1. The first kappa shape index (κ1) is 11.1. The summed E-state index contributed by atoms with van der Waals surface area (Å²) in [5, 5.41) is 0.998. The summed E-state index contributed by atoms with van der Waals surface area (Å²) in [6.07, 6.45) is 0. The van der Waals surface area contributed by atoms with Gasteiger partial charge in [-0.05, 0) is 17.2 Å². The fraction of sp³-hybridized carbons (Fsp3) is 0.154.